The molecule has 0 saturated heterocycles. The van der Waals surface area contributed by atoms with Gasteiger partial charge in [0.25, 0.3) is 0 Å². The smallest absolute Gasteiger partial charge is 0.164 e. The summed E-state index contributed by atoms with van der Waals surface area (Å²) in [5.41, 5.74) is 11.2. The summed E-state index contributed by atoms with van der Waals surface area (Å²) in [4.78, 5) is 14.8. The van der Waals surface area contributed by atoms with E-state index in [1.807, 2.05) is 60.7 Å². The van der Waals surface area contributed by atoms with Gasteiger partial charge in [-0.05, 0) is 94.9 Å². The molecule has 5 nitrogen and oxygen atoms in total. The van der Waals surface area contributed by atoms with Crippen LogP contribution in [0.4, 0.5) is 0 Å². The summed E-state index contributed by atoms with van der Waals surface area (Å²) in [5.74, 6) is 2.46. The molecule has 0 aliphatic heterocycles. The minimum absolute atomic E-state index is 0.502. The van der Waals surface area contributed by atoms with Crippen molar-refractivity contribution < 1.29 is 0 Å². The molecule has 0 bridgehead atoms. The van der Waals surface area contributed by atoms with E-state index in [9.17, 15) is 0 Å². The molecule has 0 fully saturated rings. The van der Waals surface area contributed by atoms with E-state index < -0.39 is 0 Å². The van der Waals surface area contributed by atoms with Crippen molar-refractivity contribution in [2.75, 3.05) is 0 Å². The second-order valence-electron chi connectivity index (χ2n) is 16.2. The lowest BCUT2D eigenvalue weighted by Crippen LogP contribution is -2.31. The van der Waals surface area contributed by atoms with Crippen LogP contribution in [0.5, 0.6) is 0 Å². The van der Waals surface area contributed by atoms with Gasteiger partial charge in [-0.2, -0.15) is 0 Å². The molecule has 0 radical (unpaired) electrons. The summed E-state index contributed by atoms with van der Waals surface area (Å²) < 4.78 is 4.83. The zero-order chi connectivity index (χ0) is 40.4. The van der Waals surface area contributed by atoms with Gasteiger partial charge in [0.2, 0.25) is 0 Å². The number of rotatable bonds is 6. The van der Waals surface area contributed by atoms with Crippen molar-refractivity contribution in [1.29, 1.82) is 0 Å². The Bertz CT molecular complexity index is 3560. The third-order valence-electron chi connectivity index (χ3n) is 12.2. The zero-order valence-electron chi connectivity index (χ0n) is 33.6. The third-order valence-corrected chi connectivity index (χ3v) is 12.2. The predicted octanol–water partition coefficient (Wildman–Crippen LogP) is 12.3. The van der Waals surface area contributed by atoms with Crippen molar-refractivity contribution in [3.63, 3.8) is 0 Å². The Morgan fingerprint density at radius 3 is 1.66 bits per heavy atom. The first kappa shape index (κ1) is 35.1. The second-order valence-corrected chi connectivity index (χ2v) is 16.2. The topological polar surface area (TPSA) is 48.5 Å². The number of benzene rings is 8. The molecule has 0 amide bonds. The molecule has 1 atom stereocenters. The summed E-state index contributed by atoms with van der Waals surface area (Å²) in [6, 6.07) is 66.9. The van der Waals surface area contributed by atoms with Crippen LogP contribution in [0.1, 0.15) is 13.3 Å². The fraction of sp³-hybridized carbons (Fsp3) is 0.0536. The number of hydrogen-bond acceptors (Lipinski definition) is 3. The number of hydrogen-bond donors (Lipinski definition) is 0. The summed E-state index contributed by atoms with van der Waals surface area (Å²) in [6.45, 7) is 2.30. The number of para-hydroxylation sites is 2. The van der Waals surface area contributed by atoms with Crippen LogP contribution in [-0.2, 0) is 0 Å². The lowest BCUT2D eigenvalue weighted by Gasteiger charge is -2.11. The highest BCUT2D eigenvalue weighted by atomic mass is 15.0. The van der Waals surface area contributed by atoms with Crippen LogP contribution >= 0.6 is 0 Å². The fourth-order valence-corrected chi connectivity index (χ4v) is 9.27. The Kier molecular flexibility index (Phi) is 8.13. The molecule has 1 aliphatic rings. The number of nitrogens with zero attached hydrogens (tertiary/aromatic N) is 5. The van der Waals surface area contributed by atoms with Gasteiger partial charge in [-0.15, -0.1) is 0 Å². The summed E-state index contributed by atoms with van der Waals surface area (Å²) in [5, 5.41) is 8.66. The SMILES string of the molecule is CC1C=c2c(c3cc(-c4ccc5c(c4)c4ccccc4n5-c4ccc5cc(-c6nc(-c7ccccc7)nc(-c7ccccc7)n6)ccc5c4)ccc3n2-c2ccccc2)=CC1. The molecular weight excluding hydrogens is 743 g/mol. The lowest BCUT2D eigenvalue weighted by molar-refractivity contribution is 0.793. The minimum Gasteiger partial charge on any atom is -0.310 e. The van der Waals surface area contributed by atoms with Gasteiger partial charge >= 0.3 is 0 Å². The minimum atomic E-state index is 0.502. The number of fused-ring (bicyclic) bond motifs is 7. The van der Waals surface area contributed by atoms with Crippen LogP contribution in [0.25, 0.3) is 112 Å². The molecule has 288 valence electrons. The van der Waals surface area contributed by atoms with Gasteiger partial charge in [0.1, 0.15) is 0 Å². The normalized spacial score (nSPS) is 13.7. The van der Waals surface area contributed by atoms with E-state index in [0.717, 1.165) is 39.6 Å². The van der Waals surface area contributed by atoms with Crippen LogP contribution in [-0.4, -0.2) is 24.1 Å². The van der Waals surface area contributed by atoms with Gasteiger partial charge in [-0.25, -0.2) is 15.0 Å². The van der Waals surface area contributed by atoms with Crippen molar-refractivity contribution in [1.82, 2.24) is 24.1 Å². The Hall–Kier alpha value is -7.89. The molecular formula is C56H39N5. The maximum atomic E-state index is 4.98. The molecule has 3 heterocycles. The first-order valence-corrected chi connectivity index (χ1v) is 21.0. The van der Waals surface area contributed by atoms with Gasteiger partial charge in [-0.1, -0.05) is 146 Å². The molecule has 3 aromatic heterocycles. The largest absolute Gasteiger partial charge is 0.310 e. The first-order valence-electron chi connectivity index (χ1n) is 21.0. The van der Waals surface area contributed by atoms with E-state index in [1.165, 1.54) is 60.1 Å². The van der Waals surface area contributed by atoms with Crippen LogP contribution in [0.2, 0.25) is 0 Å². The van der Waals surface area contributed by atoms with E-state index >= 15 is 0 Å². The Morgan fingerprint density at radius 1 is 0.410 bits per heavy atom. The molecule has 5 heteroatoms. The zero-order valence-corrected chi connectivity index (χ0v) is 33.6. The van der Waals surface area contributed by atoms with Crippen LogP contribution < -0.4 is 10.6 Å². The maximum absolute atomic E-state index is 4.98. The van der Waals surface area contributed by atoms with Gasteiger partial charge in [0, 0.05) is 49.4 Å². The molecule has 0 saturated carbocycles. The Morgan fingerprint density at radius 2 is 0.951 bits per heavy atom. The summed E-state index contributed by atoms with van der Waals surface area (Å²) in [7, 11) is 0. The van der Waals surface area contributed by atoms with Crippen molar-refractivity contribution in [3.8, 4) is 56.7 Å². The van der Waals surface area contributed by atoms with Crippen LogP contribution in [0.15, 0.2) is 188 Å². The highest BCUT2D eigenvalue weighted by Gasteiger charge is 2.18. The molecule has 61 heavy (non-hydrogen) atoms. The monoisotopic (exact) mass is 781 g/mol. The molecule has 11 aromatic rings. The fourth-order valence-electron chi connectivity index (χ4n) is 9.27. The van der Waals surface area contributed by atoms with Crippen molar-refractivity contribution in [3.05, 3.63) is 199 Å². The quantitative estimate of drug-likeness (QED) is 0.169. The second kappa shape index (κ2) is 14.1. The third kappa shape index (κ3) is 5.96. The van der Waals surface area contributed by atoms with Gasteiger partial charge < -0.3 is 9.13 Å². The maximum Gasteiger partial charge on any atom is 0.164 e. The lowest BCUT2D eigenvalue weighted by atomic mass is 9.99. The summed E-state index contributed by atoms with van der Waals surface area (Å²) >= 11 is 0. The van der Waals surface area contributed by atoms with Crippen LogP contribution in [0.3, 0.4) is 0 Å². The first-order chi connectivity index (χ1) is 30.1. The highest BCUT2D eigenvalue weighted by molar-refractivity contribution is 6.11. The van der Waals surface area contributed by atoms with E-state index in [1.54, 1.807) is 0 Å². The number of aromatic nitrogens is 5. The summed E-state index contributed by atoms with van der Waals surface area (Å²) in [6.07, 6.45) is 5.92. The Labute approximate surface area is 352 Å². The van der Waals surface area contributed by atoms with E-state index in [2.05, 4.69) is 156 Å². The molecule has 1 aliphatic carbocycles. The molecule has 0 spiro atoms. The average molecular weight is 782 g/mol. The van der Waals surface area contributed by atoms with E-state index in [4.69, 9.17) is 15.0 Å². The van der Waals surface area contributed by atoms with Crippen molar-refractivity contribution in [2.24, 2.45) is 5.92 Å². The van der Waals surface area contributed by atoms with Crippen LogP contribution in [0, 0.1) is 5.92 Å². The van der Waals surface area contributed by atoms with E-state index in [-0.39, 0.29) is 0 Å². The Balaban J connectivity index is 0.949. The van der Waals surface area contributed by atoms with Crippen molar-refractivity contribution >= 4 is 55.6 Å². The van der Waals surface area contributed by atoms with E-state index in [0.29, 0.717) is 23.4 Å². The van der Waals surface area contributed by atoms with Gasteiger partial charge in [0.15, 0.2) is 17.5 Å². The average Bonchev–Trinajstić information content (AvgIpc) is 3.83. The molecule has 1 unspecified atom stereocenters. The van der Waals surface area contributed by atoms with Gasteiger partial charge in [0.05, 0.1) is 21.9 Å². The highest BCUT2D eigenvalue weighted by Crippen LogP contribution is 2.37. The van der Waals surface area contributed by atoms with Gasteiger partial charge in [-0.3, -0.25) is 0 Å². The standard InChI is InChI=1S/C56H39N5/c1-36-21-28-47-49-35-42(25-29-51(49)60(53(47)31-36)44-17-9-4-10-18-44)41-26-30-52-48(34-41)46-19-11-12-20-50(46)61(52)45-27-24-39-32-43(23-22-40(39)33-45)56-58-54(37-13-5-2-6-14-37)57-55(59-56)38-15-7-3-8-16-38/h2-20,22-36H,21H2,1H3. The predicted molar refractivity (Wildman–Crippen MR) is 252 cm³/mol. The molecule has 8 aromatic carbocycles. The molecule has 12 rings (SSSR count). The van der Waals surface area contributed by atoms with Crippen molar-refractivity contribution in [2.45, 2.75) is 13.3 Å². The molecule has 0 N–H and O–H groups in total.